The third-order valence-electron chi connectivity index (χ3n) is 2.23. The molecule has 0 saturated heterocycles. The molecule has 0 saturated carbocycles. The Morgan fingerprint density at radius 1 is 0.824 bits per heavy atom. The van der Waals surface area contributed by atoms with Gasteiger partial charge in [0, 0.05) is 14.7 Å². The van der Waals surface area contributed by atoms with Gasteiger partial charge in [0.1, 0.15) is 0 Å². The second-order valence-corrected chi connectivity index (χ2v) is 4.58. The molecule has 2 aromatic rings. The van der Waals surface area contributed by atoms with Crippen LogP contribution in [0.25, 0.3) is 0 Å². The monoisotopic (exact) mass is 329 g/mol. The van der Waals surface area contributed by atoms with Crippen molar-refractivity contribution in [3.8, 4) is 17.9 Å². The summed E-state index contributed by atoms with van der Waals surface area (Å²) in [7, 11) is 0. The molecule has 17 heavy (non-hydrogen) atoms. The highest BCUT2D eigenvalue weighted by Crippen LogP contribution is 2.10. The van der Waals surface area contributed by atoms with Crippen molar-refractivity contribution >= 4 is 22.6 Å². The molecule has 0 aliphatic rings. The zero-order valence-corrected chi connectivity index (χ0v) is 11.1. The molecule has 0 aromatic heterocycles. The van der Waals surface area contributed by atoms with Gasteiger partial charge < -0.3 is 0 Å². The van der Waals surface area contributed by atoms with Crippen LogP contribution in [0.5, 0.6) is 0 Å². The fourth-order valence-corrected chi connectivity index (χ4v) is 1.85. The van der Waals surface area contributed by atoms with Gasteiger partial charge in [-0.05, 0) is 59.0 Å². The Kier molecular flexibility index (Phi) is 3.80. The molecule has 0 fully saturated rings. The number of benzene rings is 2. The first-order valence-corrected chi connectivity index (χ1v) is 6.14. The summed E-state index contributed by atoms with van der Waals surface area (Å²) in [5, 5.41) is 8.69. The summed E-state index contributed by atoms with van der Waals surface area (Å²) < 4.78 is 1.14. The maximum atomic E-state index is 8.69. The summed E-state index contributed by atoms with van der Waals surface area (Å²) in [5.41, 5.74) is 2.60. The lowest BCUT2D eigenvalue weighted by molar-refractivity contribution is 1.48. The Bertz CT molecular complexity index is 624. The van der Waals surface area contributed by atoms with Crippen LogP contribution in [-0.4, -0.2) is 0 Å². The molecule has 0 heterocycles. The van der Waals surface area contributed by atoms with E-state index in [-0.39, 0.29) is 0 Å². The maximum Gasteiger partial charge on any atom is 0.0991 e. The molecule has 0 amide bonds. The Morgan fingerprint density at radius 2 is 1.47 bits per heavy atom. The van der Waals surface area contributed by atoms with Crippen LogP contribution < -0.4 is 0 Å². The van der Waals surface area contributed by atoms with E-state index in [2.05, 4.69) is 40.5 Å². The molecule has 0 unspecified atom stereocenters. The van der Waals surface area contributed by atoms with E-state index >= 15 is 0 Å². The number of rotatable bonds is 0. The summed E-state index contributed by atoms with van der Waals surface area (Å²) in [4.78, 5) is 0. The average Bonchev–Trinajstić information content (AvgIpc) is 2.38. The SMILES string of the molecule is N#Cc1ccc(C#Cc2ccccc2I)cc1. The topological polar surface area (TPSA) is 23.8 Å². The van der Waals surface area contributed by atoms with Crippen LogP contribution in [0.1, 0.15) is 16.7 Å². The number of hydrogen-bond donors (Lipinski definition) is 0. The quantitative estimate of drug-likeness (QED) is 0.536. The molecule has 0 aliphatic heterocycles. The molecular formula is C15H8IN. The highest BCUT2D eigenvalue weighted by Gasteiger charge is 1.93. The molecule has 0 spiro atoms. The van der Waals surface area contributed by atoms with Gasteiger partial charge in [0.05, 0.1) is 11.6 Å². The fourth-order valence-electron chi connectivity index (χ4n) is 1.33. The van der Waals surface area contributed by atoms with E-state index in [1.165, 1.54) is 0 Å². The second-order valence-electron chi connectivity index (χ2n) is 3.42. The minimum Gasteiger partial charge on any atom is -0.192 e. The van der Waals surface area contributed by atoms with Crippen molar-refractivity contribution < 1.29 is 0 Å². The van der Waals surface area contributed by atoms with Gasteiger partial charge in [0.15, 0.2) is 0 Å². The molecule has 0 atom stereocenters. The Labute approximate surface area is 114 Å². The molecule has 2 heteroatoms. The first-order valence-electron chi connectivity index (χ1n) is 5.06. The largest absolute Gasteiger partial charge is 0.192 e. The van der Waals surface area contributed by atoms with E-state index in [4.69, 9.17) is 5.26 Å². The molecule has 0 aliphatic carbocycles. The van der Waals surface area contributed by atoms with Crippen molar-refractivity contribution in [2.75, 3.05) is 0 Å². The van der Waals surface area contributed by atoms with Crippen molar-refractivity contribution in [1.29, 1.82) is 5.26 Å². The lowest BCUT2D eigenvalue weighted by atomic mass is 10.1. The van der Waals surface area contributed by atoms with Crippen molar-refractivity contribution in [2.45, 2.75) is 0 Å². The smallest absolute Gasteiger partial charge is 0.0991 e. The van der Waals surface area contributed by atoms with Gasteiger partial charge in [-0.3, -0.25) is 0 Å². The molecule has 0 N–H and O–H groups in total. The van der Waals surface area contributed by atoms with E-state index in [1.807, 2.05) is 36.4 Å². The maximum absolute atomic E-state index is 8.69. The molecule has 0 bridgehead atoms. The first-order chi connectivity index (χ1) is 8.29. The predicted molar refractivity (Wildman–Crippen MR) is 76.3 cm³/mol. The second kappa shape index (κ2) is 5.52. The van der Waals surface area contributed by atoms with Crippen LogP contribution in [-0.2, 0) is 0 Å². The van der Waals surface area contributed by atoms with E-state index < -0.39 is 0 Å². The number of hydrogen-bond acceptors (Lipinski definition) is 1. The Morgan fingerprint density at radius 3 is 2.12 bits per heavy atom. The van der Waals surface area contributed by atoms with E-state index in [0.29, 0.717) is 5.56 Å². The number of nitriles is 1. The summed E-state index contributed by atoms with van der Waals surface area (Å²) in [6.07, 6.45) is 0. The van der Waals surface area contributed by atoms with Crippen LogP contribution in [0.15, 0.2) is 48.5 Å². The van der Waals surface area contributed by atoms with E-state index in [0.717, 1.165) is 14.7 Å². The van der Waals surface area contributed by atoms with Gasteiger partial charge in [-0.15, -0.1) is 0 Å². The normalized spacial score (nSPS) is 8.94. The van der Waals surface area contributed by atoms with Gasteiger partial charge in [-0.1, -0.05) is 24.0 Å². The molecule has 80 valence electrons. The van der Waals surface area contributed by atoms with Crippen molar-refractivity contribution in [2.24, 2.45) is 0 Å². The van der Waals surface area contributed by atoms with Gasteiger partial charge in [-0.2, -0.15) is 5.26 Å². The molecule has 1 nitrogen and oxygen atoms in total. The van der Waals surface area contributed by atoms with Crippen LogP contribution in [0.4, 0.5) is 0 Å². The van der Waals surface area contributed by atoms with Gasteiger partial charge >= 0.3 is 0 Å². The van der Waals surface area contributed by atoms with E-state index in [1.54, 1.807) is 12.1 Å². The van der Waals surface area contributed by atoms with Crippen LogP contribution in [0, 0.1) is 26.7 Å². The lowest BCUT2D eigenvalue weighted by Crippen LogP contribution is -1.80. The average molecular weight is 329 g/mol. The first kappa shape index (κ1) is 11.7. The van der Waals surface area contributed by atoms with Crippen LogP contribution in [0.2, 0.25) is 0 Å². The van der Waals surface area contributed by atoms with E-state index in [9.17, 15) is 0 Å². The summed E-state index contributed by atoms with van der Waals surface area (Å²) >= 11 is 2.27. The third kappa shape index (κ3) is 3.09. The van der Waals surface area contributed by atoms with Crippen LogP contribution in [0.3, 0.4) is 0 Å². The molecule has 2 rings (SSSR count). The third-order valence-corrected chi connectivity index (χ3v) is 3.17. The summed E-state index contributed by atoms with van der Waals surface area (Å²) in [6, 6.07) is 17.4. The van der Waals surface area contributed by atoms with Crippen molar-refractivity contribution in [1.82, 2.24) is 0 Å². The van der Waals surface area contributed by atoms with Gasteiger partial charge in [-0.25, -0.2) is 0 Å². The van der Waals surface area contributed by atoms with Crippen molar-refractivity contribution in [3.63, 3.8) is 0 Å². The Hall–Kier alpha value is -1.78. The predicted octanol–water partition coefficient (Wildman–Crippen LogP) is 3.56. The Balaban J connectivity index is 2.28. The fraction of sp³-hybridized carbons (Fsp3) is 0. The zero-order chi connectivity index (χ0) is 12.1. The highest BCUT2D eigenvalue weighted by atomic mass is 127. The van der Waals surface area contributed by atoms with Crippen LogP contribution >= 0.6 is 22.6 Å². The van der Waals surface area contributed by atoms with Gasteiger partial charge in [0.2, 0.25) is 0 Å². The zero-order valence-electron chi connectivity index (χ0n) is 8.94. The molecule has 0 radical (unpaired) electrons. The summed E-state index contributed by atoms with van der Waals surface area (Å²) in [6.45, 7) is 0. The molecular weight excluding hydrogens is 321 g/mol. The standard InChI is InChI=1S/C15H8IN/c16-15-4-2-1-3-14(15)10-9-12-5-7-13(11-17)8-6-12/h1-8H. The molecule has 2 aromatic carbocycles. The lowest BCUT2D eigenvalue weighted by Gasteiger charge is -1.94. The summed E-state index contributed by atoms with van der Waals surface area (Å²) in [5.74, 6) is 6.22. The number of halogens is 1. The highest BCUT2D eigenvalue weighted by molar-refractivity contribution is 14.1. The minimum atomic E-state index is 0.657. The number of nitrogens with zero attached hydrogens (tertiary/aromatic N) is 1. The van der Waals surface area contributed by atoms with Gasteiger partial charge in [0.25, 0.3) is 0 Å². The van der Waals surface area contributed by atoms with Crippen molar-refractivity contribution in [3.05, 3.63) is 68.8 Å². The minimum absolute atomic E-state index is 0.657.